The Kier molecular flexibility index (Phi) is 7.54. The van der Waals surface area contributed by atoms with E-state index in [9.17, 15) is 14.4 Å². The van der Waals surface area contributed by atoms with E-state index in [4.69, 9.17) is 9.47 Å². The zero-order valence-corrected chi connectivity index (χ0v) is 18.4. The molecule has 0 aliphatic heterocycles. The van der Waals surface area contributed by atoms with E-state index in [1.54, 1.807) is 67.6 Å². The van der Waals surface area contributed by atoms with Crippen molar-refractivity contribution in [2.75, 3.05) is 12.4 Å². The number of nitrogens with one attached hydrogen (secondary N) is 2. The van der Waals surface area contributed by atoms with Crippen LogP contribution in [0.3, 0.4) is 0 Å². The van der Waals surface area contributed by atoms with Gasteiger partial charge >= 0.3 is 17.8 Å². The maximum atomic E-state index is 12.6. The van der Waals surface area contributed by atoms with E-state index in [2.05, 4.69) is 15.8 Å². The highest BCUT2D eigenvalue weighted by Crippen LogP contribution is 2.21. The smallest absolute Gasteiger partial charge is 0.343 e. The number of esters is 1. The predicted molar refractivity (Wildman–Crippen MR) is 125 cm³/mol. The van der Waals surface area contributed by atoms with Crippen molar-refractivity contribution in [3.8, 4) is 11.5 Å². The number of carbonyl (C=O) groups is 3. The molecule has 8 heteroatoms. The SMILES string of the molecule is COc1ccc(NC(=O)C(=O)NN=C(C)c2ccccc2OC(=O)c2ccccc2C)cc1. The predicted octanol–water partition coefficient (Wildman–Crippen LogP) is 3.70. The van der Waals surface area contributed by atoms with Gasteiger partial charge in [-0.2, -0.15) is 5.10 Å². The number of rotatable bonds is 6. The molecule has 0 aromatic heterocycles. The fourth-order valence-corrected chi connectivity index (χ4v) is 2.92. The van der Waals surface area contributed by atoms with Crippen molar-refractivity contribution in [1.82, 2.24) is 5.43 Å². The zero-order valence-electron chi connectivity index (χ0n) is 18.4. The summed E-state index contributed by atoms with van der Waals surface area (Å²) in [5.74, 6) is -1.42. The summed E-state index contributed by atoms with van der Waals surface area (Å²) in [6.07, 6.45) is 0. The molecule has 0 saturated heterocycles. The van der Waals surface area contributed by atoms with Gasteiger partial charge in [0, 0.05) is 11.3 Å². The standard InChI is InChI=1S/C25H23N3O5/c1-16-8-4-5-9-20(16)25(31)33-22-11-7-6-10-21(22)17(2)27-28-24(30)23(29)26-18-12-14-19(32-3)15-13-18/h4-15H,1-3H3,(H,26,29)(H,28,30). The van der Waals surface area contributed by atoms with Crippen molar-refractivity contribution in [3.63, 3.8) is 0 Å². The third kappa shape index (κ3) is 6.04. The van der Waals surface area contributed by atoms with Crippen LogP contribution in [0.5, 0.6) is 11.5 Å². The Morgan fingerprint density at radius 1 is 0.818 bits per heavy atom. The number of benzene rings is 3. The van der Waals surface area contributed by atoms with Crippen LogP contribution in [0, 0.1) is 6.92 Å². The lowest BCUT2D eigenvalue weighted by Gasteiger charge is -2.11. The second kappa shape index (κ2) is 10.7. The molecule has 0 bridgehead atoms. The average molecular weight is 445 g/mol. The third-order valence-electron chi connectivity index (χ3n) is 4.72. The summed E-state index contributed by atoms with van der Waals surface area (Å²) in [4.78, 5) is 36.9. The second-order valence-electron chi connectivity index (χ2n) is 7.02. The highest BCUT2D eigenvalue weighted by molar-refractivity contribution is 6.39. The van der Waals surface area contributed by atoms with Gasteiger partial charge in [-0.1, -0.05) is 30.3 Å². The summed E-state index contributed by atoms with van der Waals surface area (Å²) in [5, 5.41) is 6.46. The van der Waals surface area contributed by atoms with Crippen LogP contribution in [0.2, 0.25) is 0 Å². The largest absolute Gasteiger partial charge is 0.497 e. The summed E-state index contributed by atoms with van der Waals surface area (Å²) in [6, 6.07) is 20.4. The summed E-state index contributed by atoms with van der Waals surface area (Å²) >= 11 is 0. The van der Waals surface area contributed by atoms with Gasteiger partial charge in [0.15, 0.2) is 0 Å². The van der Waals surface area contributed by atoms with Gasteiger partial charge in [-0.05, 0) is 61.9 Å². The fourth-order valence-electron chi connectivity index (χ4n) is 2.92. The molecule has 2 N–H and O–H groups in total. The van der Waals surface area contributed by atoms with Gasteiger partial charge in [0.25, 0.3) is 0 Å². The molecular formula is C25H23N3O5. The molecule has 33 heavy (non-hydrogen) atoms. The summed E-state index contributed by atoms with van der Waals surface area (Å²) < 4.78 is 10.6. The molecule has 0 unspecified atom stereocenters. The number of methoxy groups -OCH3 is 1. The van der Waals surface area contributed by atoms with Crippen molar-refractivity contribution in [2.45, 2.75) is 13.8 Å². The van der Waals surface area contributed by atoms with E-state index >= 15 is 0 Å². The molecule has 168 valence electrons. The Hall–Kier alpha value is -4.46. The first-order valence-electron chi connectivity index (χ1n) is 10.1. The van der Waals surface area contributed by atoms with Crippen LogP contribution in [0.25, 0.3) is 0 Å². The molecule has 0 heterocycles. The lowest BCUT2D eigenvalue weighted by Crippen LogP contribution is -2.33. The number of amides is 2. The molecule has 0 spiro atoms. The van der Waals surface area contributed by atoms with Gasteiger partial charge < -0.3 is 14.8 Å². The van der Waals surface area contributed by atoms with E-state index in [-0.39, 0.29) is 5.75 Å². The molecular weight excluding hydrogens is 422 g/mol. The molecule has 3 rings (SSSR count). The van der Waals surface area contributed by atoms with Crippen LogP contribution in [-0.4, -0.2) is 30.6 Å². The Labute approximate surface area is 191 Å². The Morgan fingerprint density at radius 3 is 2.12 bits per heavy atom. The van der Waals surface area contributed by atoms with Gasteiger partial charge in [0.2, 0.25) is 0 Å². The molecule has 3 aromatic rings. The number of carbonyl (C=O) groups excluding carboxylic acids is 3. The topological polar surface area (TPSA) is 106 Å². The highest BCUT2D eigenvalue weighted by Gasteiger charge is 2.16. The van der Waals surface area contributed by atoms with Crippen molar-refractivity contribution < 1.29 is 23.9 Å². The van der Waals surface area contributed by atoms with E-state index in [0.29, 0.717) is 28.3 Å². The first-order valence-corrected chi connectivity index (χ1v) is 10.1. The number of para-hydroxylation sites is 1. The molecule has 0 aliphatic rings. The van der Waals surface area contributed by atoms with Crippen molar-refractivity contribution in [2.24, 2.45) is 5.10 Å². The van der Waals surface area contributed by atoms with E-state index in [1.165, 1.54) is 7.11 Å². The molecule has 2 amide bonds. The van der Waals surface area contributed by atoms with Crippen LogP contribution < -0.4 is 20.2 Å². The Balaban J connectivity index is 1.67. The van der Waals surface area contributed by atoms with E-state index in [0.717, 1.165) is 5.56 Å². The van der Waals surface area contributed by atoms with Gasteiger partial charge in [0.1, 0.15) is 11.5 Å². The number of nitrogens with zero attached hydrogens (tertiary/aromatic N) is 1. The minimum absolute atomic E-state index is 0.281. The molecule has 3 aromatic carbocycles. The van der Waals surface area contributed by atoms with Crippen LogP contribution in [0.15, 0.2) is 77.9 Å². The summed E-state index contributed by atoms with van der Waals surface area (Å²) in [6.45, 7) is 3.45. The number of hydrazone groups is 1. The zero-order chi connectivity index (χ0) is 23.8. The maximum absolute atomic E-state index is 12.6. The first kappa shape index (κ1) is 23.2. The van der Waals surface area contributed by atoms with Crippen LogP contribution in [0.1, 0.15) is 28.4 Å². The van der Waals surface area contributed by atoms with Gasteiger partial charge in [0.05, 0.1) is 18.4 Å². The summed E-state index contributed by atoms with van der Waals surface area (Å²) in [7, 11) is 1.53. The fraction of sp³-hybridized carbons (Fsp3) is 0.120. The third-order valence-corrected chi connectivity index (χ3v) is 4.72. The summed E-state index contributed by atoms with van der Waals surface area (Å²) in [5.41, 5.74) is 4.74. The number of hydrogen-bond acceptors (Lipinski definition) is 6. The average Bonchev–Trinajstić information content (AvgIpc) is 2.83. The quantitative estimate of drug-likeness (QED) is 0.198. The van der Waals surface area contributed by atoms with Crippen LogP contribution in [0.4, 0.5) is 5.69 Å². The first-order chi connectivity index (χ1) is 15.9. The molecule has 0 aliphatic carbocycles. The van der Waals surface area contributed by atoms with Crippen molar-refractivity contribution in [3.05, 3.63) is 89.5 Å². The lowest BCUT2D eigenvalue weighted by atomic mass is 10.1. The number of hydrogen-bond donors (Lipinski definition) is 2. The molecule has 8 nitrogen and oxygen atoms in total. The Bertz CT molecular complexity index is 1200. The molecule has 0 fully saturated rings. The minimum atomic E-state index is -0.945. The monoisotopic (exact) mass is 445 g/mol. The van der Waals surface area contributed by atoms with Crippen molar-refractivity contribution in [1.29, 1.82) is 0 Å². The minimum Gasteiger partial charge on any atom is -0.497 e. The number of aryl methyl sites for hydroxylation is 1. The van der Waals surface area contributed by atoms with Crippen LogP contribution >= 0.6 is 0 Å². The highest BCUT2D eigenvalue weighted by atomic mass is 16.5. The van der Waals surface area contributed by atoms with Crippen LogP contribution in [-0.2, 0) is 9.59 Å². The van der Waals surface area contributed by atoms with Gasteiger partial charge in [-0.25, -0.2) is 10.2 Å². The molecule has 0 saturated carbocycles. The Morgan fingerprint density at radius 2 is 1.45 bits per heavy atom. The second-order valence-corrected chi connectivity index (χ2v) is 7.02. The molecule has 0 atom stereocenters. The maximum Gasteiger partial charge on any atom is 0.343 e. The van der Waals surface area contributed by atoms with E-state index < -0.39 is 17.8 Å². The van der Waals surface area contributed by atoms with Gasteiger partial charge in [-0.15, -0.1) is 0 Å². The lowest BCUT2D eigenvalue weighted by molar-refractivity contribution is -0.136. The van der Waals surface area contributed by atoms with Gasteiger partial charge in [-0.3, -0.25) is 9.59 Å². The number of ether oxygens (including phenoxy) is 2. The van der Waals surface area contributed by atoms with Crippen molar-refractivity contribution >= 4 is 29.2 Å². The normalized spacial score (nSPS) is 10.8. The number of anilines is 1. The van der Waals surface area contributed by atoms with E-state index in [1.807, 2.05) is 19.1 Å². The molecule has 0 radical (unpaired) electrons.